The largest absolute Gasteiger partial charge is 0.309 e. The van der Waals surface area contributed by atoms with E-state index in [9.17, 15) is 8.78 Å². The van der Waals surface area contributed by atoms with Gasteiger partial charge in [0.2, 0.25) is 0 Å². The Balaban J connectivity index is 2.49. The highest BCUT2D eigenvalue weighted by Gasteiger charge is 2.20. The second kappa shape index (κ2) is 4.94. The average Bonchev–Trinajstić information content (AvgIpc) is 2.70. The normalized spacial score (nSPS) is 12.7. The predicted molar refractivity (Wildman–Crippen MR) is 66.3 cm³/mol. The van der Waals surface area contributed by atoms with Crippen molar-refractivity contribution in [3.63, 3.8) is 0 Å². The maximum absolute atomic E-state index is 13.7. The average molecular weight is 253 g/mol. The summed E-state index contributed by atoms with van der Waals surface area (Å²) in [5.74, 6) is -1.04. The molecule has 0 aliphatic carbocycles. The minimum atomic E-state index is -0.520. The maximum Gasteiger partial charge on any atom is 0.131 e. The molecule has 0 saturated heterocycles. The van der Waals surface area contributed by atoms with E-state index in [-0.39, 0.29) is 5.56 Å². The summed E-state index contributed by atoms with van der Waals surface area (Å²) in [6, 6.07) is 5.43. The highest BCUT2D eigenvalue weighted by atomic mass is 32.1. The number of benzene rings is 1. The van der Waals surface area contributed by atoms with Crippen LogP contribution in [0.15, 0.2) is 29.6 Å². The van der Waals surface area contributed by atoms with Gasteiger partial charge >= 0.3 is 0 Å². The van der Waals surface area contributed by atoms with Gasteiger partial charge in [0, 0.05) is 10.4 Å². The van der Waals surface area contributed by atoms with E-state index in [2.05, 4.69) is 5.32 Å². The van der Waals surface area contributed by atoms with E-state index in [1.54, 1.807) is 18.4 Å². The number of hydrogen-bond donors (Lipinski definition) is 1. The minimum absolute atomic E-state index is 0.0767. The highest BCUT2D eigenvalue weighted by molar-refractivity contribution is 7.10. The lowest BCUT2D eigenvalue weighted by Gasteiger charge is -2.16. The SMILES string of the molecule is CNC(c1csc(C)c1)c1c(F)cccc1F. The molecule has 0 saturated carbocycles. The van der Waals surface area contributed by atoms with Gasteiger partial charge in [0.1, 0.15) is 11.6 Å². The Kier molecular flexibility index (Phi) is 3.54. The summed E-state index contributed by atoms with van der Waals surface area (Å²) in [7, 11) is 1.70. The second-order valence-electron chi connectivity index (χ2n) is 3.85. The molecule has 17 heavy (non-hydrogen) atoms. The predicted octanol–water partition coefficient (Wildman–Crippen LogP) is 3.64. The molecule has 0 fully saturated rings. The first-order valence-electron chi connectivity index (χ1n) is 5.29. The topological polar surface area (TPSA) is 12.0 Å². The van der Waals surface area contributed by atoms with Crippen molar-refractivity contribution in [1.29, 1.82) is 0 Å². The van der Waals surface area contributed by atoms with Crippen LogP contribution < -0.4 is 5.32 Å². The molecule has 1 aromatic heterocycles. The van der Waals surface area contributed by atoms with E-state index in [0.29, 0.717) is 0 Å². The van der Waals surface area contributed by atoms with Gasteiger partial charge in [-0.15, -0.1) is 11.3 Å². The first-order chi connectivity index (χ1) is 8.13. The van der Waals surface area contributed by atoms with Gasteiger partial charge in [0.15, 0.2) is 0 Å². The Morgan fingerprint density at radius 1 is 1.24 bits per heavy atom. The fraction of sp³-hybridized carbons (Fsp3) is 0.231. The van der Waals surface area contributed by atoms with E-state index >= 15 is 0 Å². The molecular weight excluding hydrogens is 240 g/mol. The lowest BCUT2D eigenvalue weighted by Crippen LogP contribution is -2.19. The Morgan fingerprint density at radius 2 is 1.88 bits per heavy atom. The van der Waals surface area contributed by atoms with Crippen molar-refractivity contribution in [2.45, 2.75) is 13.0 Å². The summed E-state index contributed by atoms with van der Waals surface area (Å²) in [5.41, 5.74) is 0.965. The zero-order valence-corrected chi connectivity index (χ0v) is 10.4. The first-order valence-corrected chi connectivity index (χ1v) is 6.17. The molecule has 0 aliphatic rings. The molecule has 1 atom stereocenters. The molecule has 1 nitrogen and oxygen atoms in total. The molecule has 1 aromatic carbocycles. The molecule has 90 valence electrons. The van der Waals surface area contributed by atoms with Crippen molar-refractivity contribution >= 4 is 11.3 Å². The monoisotopic (exact) mass is 253 g/mol. The molecule has 1 heterocycles. The third kappa shape index (κ3) is 2.37. The van der Waals surface area contributed by atoms with Crippen LogP contribution in [0, 0.1) is 18.6 Å². The van der Waals surface area contributed by atoms with Crippen LogP contribution in [-0.2, 0) is 0 Å². The van der Waals surface area contributed by atoms with E-state index in [1.165, 1.54) is 18.2 Å². The molecule has 0 amide bonds. The minimum Gasteiger partial charge on any atom is -0.309 e. The lowest BCUT2D eigenvalue weighted by molar-refractivity contribution is 0.522. The van der Waals surface area contributed by atoms with Crippen molar-refractivity contribution in [2.24, 2.45) is 0 Å². The molecule has 0 spiro atoms. The van der Waals surface area contributed by atoms with Crippen molar-refractivity contribution in [2.75, 3.05) is 7.05 Å². The maximum atomic E-state index is 13.7. The zero-order valence-electron chi connectivity index (χ0n) is 9.63. The fourth-order valence-electron chi connectivity index (χ4n) is 1.88. The van der Waals surface area contributed by atoms with Gasteiger partial charge in [-0.3, -0.25) is 0 Å². The van der Waals surface area contributed by atoms with Crippen molar-refractivity contribution in [3.05, 3.63) is 57.3 Å². The Hall–Kier alpha value is -1.26. The van der Waals surface area contributed by atoms with Crippen LogP contribution in [0.4, 0.5) is 8.78 Å². The number of halogens is 2. The molecule has 4 heteroatoms. The zero-order chi connectivity index (χ0) is 12.4. The van der Waals surface area contributed by atoms with Crippen LogP contribution in [0.5, 0.6) is 0 Å². The van der Waals surface area contributed by atoms with Gasteiger partial charge in [-0.2, -0.15) is 0 Å². The van der Waals surface area contributed by atoms with Gasteiger partial charge in [0.25, 0.3) is 0 Å². The summed E-state index contributed by atoms with van der Waals surface area (Å²) in [6.45, 7) is 1.97. The standard InChI is InChI=1S/C13H13F2NS/c1-8-6-9(7-17-8)13(16-2)12-10(14)4-3-5-11(12)15/h3-7,13,16H,1-2H3. The molecular formula is C13H13F2NS. The number of thiophene rings is 1. The Morgan fingerprint density at radius 3 is 2.35 bits per heavy atom. The summed E-state index contributed by atoms with van der Waals surface area (Å²) in [4.78, 5) is 1.12. The summed E-state index contributed by atoms with van der Waals surface area (Å²) >= 11 is 1.57. The van der Waals surface area contributed by atoms with E-state index in [4.69, 9.17) is 0 Å². The molecule has 0 bridgehead atoms. The van der Waals surface area contributed by atoms with Crippen LogP contribution in [0.3, 0.4) is 0 Å². The van der Waals surface area contributed by atoms with Crippen LogP contribution in [0.2, 0.25) is 0 Å². The molecule has 2 rings (SSSR count). The number of rotatable bonds is 3. The van der Waals surface area contributed by atoms with E-state index < -0.39 is 17.7 Å². The van der Waals surface area contributed by atoms with Crippen LogP contribution in [0.1, 0.15) is 22.0 Å². The highest BCUT2D eigenvalue weighted by Crippen LogP contribution is 2.29. The van der Waals surface area contributed by atoms with Gasteiger partial charge in [0.05, 0.1) is 6.04 Å². The number of aryl methyl sites for hydroxylation is 1. The molecule has 0 radical (unpaired) electrons. The van der Waals surface area contributed by atoms with Crippen LogP contribution in [-0.4, -0.2) is 7.05 Å². The third-order valence-corrected chi connectivity index (χ3v) is 3.54. The van der Waals surface area contributed by atoms with E-state index in [0.717, 1.165) is 10.4 Å². The summed E-state index contributed by atoms with van der Waals surface area (Å²) < 4.78 is 27.4. The van der Waals surface area contributed by atoms with Gasteiger partial charge in [-0.1, -0.05) is 6.07 Å². The van der Waals surface area contributed by atoms with Crippen molar-refractivity contribution in [1.82, 2.24) is 5.32 Å². The molecule has 2 aromatic rings. The van der Waals surface area contributed by atoms with Crippen LogP contribution in [0.25, 0.3) is 0 Å². The molecule has 1 N–H and O–H groups in total. The van der Waals surface area contributed by atoms with Gasteiger partial charge < -0.3 is 5.32 Å². The fourth-order valence-corrected chi connectivity index (χ4v) is 2.61. The van der Waals surface area contributed by atoms with Gasteiger partial charge in [-0.05, 0) is 43.1 Å². The number of nitrogens with one attached hydrogen (secondary N) is 1. The molecule has 0 aliphatic heterocycles. The summed E-state index contributed by atoms with van der Waals surface area (Å²) in [5, 5.41) is 4.88. The van der Waals surface area contributed by atoms with E-state index in [1.807, 2.05) is 18.4 Å². The van der Waals surface area contributed by atoms with Gasteiger partial charge in [-0.25, -0.2) is 8.78 Å². The third-order valence-electron chi connectivity index (χ3n) is 2.66. The van der Waals surface area contributed by atoms with Crippen molar-refractivity contribution in [3.8, 4) is 0 Å². The number of hydrogen-bond acceptors (Lipinski definition) is 2. The smallest absolute Gasteiger partial charge is 0.131 e. The summed E-state index contributed by atoms with van der Waals surface area (Å²) in [6.07, 6.45) is 0. The first kappa shape index (κ1) is 12.2. The second-order valence-corrected chi connectivity index (χ2v) is 4.96. The lowest BCUT2D eigenvalue weighted by atomic mass is 10.00. The van der Waals surface area contributed by atoms with Crippen molar-refractivity contribution < 1.29 is 8.78 Å². The Labute approximate surface area is 103 Å². The quantitative estimate of drug-likeness (QED) is 0.880. The molecule has 1 unspecified atom stereocenters. The van der Waals surface area contributed by atoms with Crippen LogP contribution >= 0.6 is 11.3 Å². The Bertz CT molecular complexity index is 502.